The van der Waals surface area contributed by atoms with Gasteiger partial charge < -0.3 is 14.2 Å². The third-order valence-corrected chi connectivity index (χ3v) is 5.93. The number of methoxy groups -OCH3 is 1. The Kier molecular flexibility index (Phi) is 4.98. The van der Waals surface area contributed by atoms with Gasteiger partial charge in [0.1, 0.15) is 0 Å². The van der Waals surface area contributed by atoms with Gasteiger partial charge in [-0.2, -0.15) is 0 Å². The highest BCUT2D eigenvalue weighted by Crippen LogP contribution is 2.38. The number of hydrogen-bond donors (Lipinski definition) is 0. The Balaban J connectivity index is 1.86. The van der Waals surface area contributed by atoms with Gasteiger partial charge in [-0.25, -0.2) is 4.98 Å². The molecule has 0 bridgehead atoms. The Morgan fingerprint density at radius 2 is 2.15 bits per heavy atom. The van der Waals surface area contributed by atoms with Gasteiger partial charge in [-0.3, -0.25) is 4.79 Å². The molecule has 3 aromatic rings. The molecule has 27 heavy (non-hydrogen) atoms. The van der Waals surface area contributed by atoms with Crippen molar-refractivity contribution < 1.29 is 9.53 Å². The first-order valence-electron chi connectivity index (χ1n) is 8.82. The van der Waals surface area contributed by atoms with Crippen molar-refractivity contribution in [3.8, 4) is 5.69 Å². The number of rotatable bonds is 4. The number of esters is 1. The normalized spacial score (nSPS) is 16.9. The summed E-state index contributed by atoms with van der Waals surface area (Å²) >= 11 is 12.8. The smallest absolute Gasteiger partial charge is 0.307 e. The molecule has 2 aromatic carbocycles. The summed E-state index contributed by atoms with van der Waals surface area (Å²) in [5, 5.41) is 2.93. The largest absolute Gasteiger partial charge is 0.469 e. The number of nitrogens with zero attached hydrogens (tertiary/aromatic N) is 3. The lowest BCUT2D eigenvalue weighted by atomic mass is 10.1. The van der Waals surface area contributed by atoms with Crippen molar-refractivity contribution in [3.05, 3.63) is 53.0 Å². The Labute approximate surface area is 167 Å². The van der Waals surface area contributed by atoms with Gasteiger partial charge in [-0.05, 0) is 31.0 Å². The summed E-state index contributed by atoms with van der Waals surface area (Å²) in [6.07, 6.45) is 7.76. The molecule has 5 nitrogen and oxygen atoms in total. The van der Waals surface area contributed by atoms with Gasteiger partial charge in [0.2, 0.25) is 0 Å². The molecule has 4 rings (SSSR count). The van der Waals surface area contributed by atoms with Crippen molar-refractivity contribution in [1.29, 1.82) is 0 Å². The molecule has 7 heteroatoms. The molecule has 0 saturated carbocycles. The lowest BCUT2D eigenvalue weighted by molar-refractivity contribution is -0.140. The van der Waals surface area contributed by atoms with Crippen LogP contribution in [0.25, 0.3) is 16.5 Å². The summed E-state index contributed by atoms with van der Waals surface area (Å²) in [7, 11) is 1.43. The van der Waals surface area contributed by atoms with Gasteiger partial charge >= 0.3 is 5.97 Å². The van der Waals surface area contributed by atoms with Crippen LogP contribution in [-0.4, -0.2) is 35.2 Å². The van der Waals surface area contributed by atoms with Crippen LogP contribution in [0.3, 0.4) is 0 Å². The maximum atomic E-state index is 11.8. The Morgan fingerprint density at radius 3 is 2.89 bits per heavy atom. The highest BCUT2D eigenvalue weighted by Gasteiger charge is 2.28. The van der Waals surface area contributed by atoms with E-state index in [1.54, 1.807) is 12.5 Å². The van der Waals surface area contributed by atoms with Crippen LogP contribution >= 0.6 is 23.2 Å². The van der Waals surface area contributed by atoms with Gasteiger partial charge in [0.25, 0.3) is 0 Å². The number of benzene rings is 2. The number of fused-ring (bicyclic) bond motifs is 1. The first-order valence-corrected chi connectivity index (χ1v) is 9.57. The third kappa shape index (κ3) is 3.37. The molecule has 0 unspecified atom stereocenters. The topological polar surface area (TPSA) is 47.4 Å². The van der Waals surface area contributed by atoms with Crippen LogP contribution in [0.15, 0.2) is 43.0 Å². The zero-order valence-electron chi connectivity index (χ0n) is 14.9. The van der Waals surface area contributed by atoms with E-state index in [0.717, 1.165) is 41.5 Å². The highest BCUT2D eigenvalue weighted by molar-refractivity contribution is 6.45. The summed E-state index contributed by atoms with van der Waals surface area (Å²) in [4.78, 5) is 18.2. The fraction of sp³-hybridized carbons (Fsp3) is 0.300. The first kappa shape index (κ1) is 18.1. The third-order valence-electron chi connectivity index (χ3n) is 5.11. The van der Waals surface area contributed by atoms with Crippen LogP contribution in [0.5, 0.6) is 0 Å². The molecule has 0 amide bonds. The molecule has 1 aliphatic heterocycles. The molecule has 1 aromatic heterocycles. The summed E-state index contributed by atoms with van der Waals surface area (Å²) in [5.74, 6) is -0.191. The molecule has 1 atom stereocenters. The van der Waals surface area contributed by atoms with Crippen molar-refractivity contribution in [3.63, 3.8) is 0 Å². The zero-order valence-corrected chi connectivity index (χ0v) is 16.4. The number of carbonyl (C=O) groups is 1. The van der Waals surface area contributed by atoms with E-state index in [9.17, 15) is 4.79 Å². The highest BCUT2D eigenvalue weighted by atomic mass is 35.5. The van der Waals surface area contributed by atoms with Crippen molar-refractivity contribution in [2.24, 2.45) is 0 Å². The van der Waals surface area contributed by atoms with Crippen LogP contribution in [0.4, 0.5) is 5.69 Å². The SMILES string of the molecule is COC(=O)C[C@@H]1CCCN1c1cc(-n2ccnc2)c2ccc(Cl)c(Cl)c2c1. The molecule has 0 spiro atoms. The average molecular weight is 404 g/mol. The number of imidazole rings is 1. The summed E-state index contributed by atoms with van der Waals surface area (Å²) in [6, 6.07) is 8.06. The van der Waals surface area contributed by atoms with Crippen LogP contribution in [0.1, 0.15) is 19.3 Å². The number of aromatic nitrogens is 2. The van der Waals surface area contributed by atoms with Crippen molar-refractivity contribution in [1.82, 2.24) is 9.55 Å². The molecule has 0 aliphatic carbocycles. The molecule has 1 saturated heterocycles. The van der Waals surface area contributed by atoms with Gasteiger partial charge in [0, 0.05) is 41.4 Å². The molecule has 2 heterocycles. The second-order valence-corrected chi connectivity index (χ2v) is 7.45. The molecule has 0 radical (unpaired) electrons. The van der Waals surface area contributed by atoms with Crippen LogP contribution < -0.4 is 4.90 Å². The Morgan fingerprint density at radius 1 is 1.30 bits per heavy atom. The Hall–Kier alpha value is -2.24. The number of carbonyl (C=O) groups excluding carboxylic acids is 1. The maximum absolute atomic E-state index is 11.8. The van der Waals surface area contributed by atoms with Crippen molar-refractivity contribution in [2.75, 3.05) is 18.6 Å². The lowest BCUT2D eigenvalue weighted by Gasteiger charge is -2.27. The molecule has 1 fully saturated rings. The monoisotopic (exact) mass is 403 g/mol. The maximum Gasteiger partial charge on any atom is 0.307 e. The van der Waals surface area contributed by atoms with E-state index in [1.807, 2.05) is 22.9 Å². The van der Waals surface area contributed by atoms with Crippen molar-refractivity contribution in [2.45, 2.75) is 25.3 Å². The van der Waals surface area contributed by atoms with E-state index in [-0.39, 0.29) is 12.0 Å². The molecule has 0 N–H and O–H groups in total. The minimum absolute atomic E-state index is 0.114. The lowest BCUT2D eigenvalue weighted by Crippen LogP contribution is -2.31. The van der Waals surface area contributed by atoms with Gasteiger partial charge in [0.15, 0.2) is 0 Å². The first-order chi connectivity index (χ1) is 13.1. The Bertz CT molecular complexity index is 989. The van der Waals surface area contributed by atoms with E-state index in [1.165, 1.54) is 7.11 Å². The van der Waals surface area contributed by atoms with E-state index >= 15 is 0 Å². The summed E-state index contributed by atoms with van der Waals surface area (Å²) in [6.45, 7) is 0.884. The minimum atomic E-state index is -0.191. The fourth-order valence-corrected chi connectivity index (χ4v) is 4.17. The average Bonchev–Trinajstić information content (AvgIpc) is 3.36. The standard InChI is InChI=1S/C20H19Cl2N3O2/c1-27-19(26)11-13-3-2-7-25(13)14-9-16-15(4-5-17(21)20(16)22)18(10-14)24-8-6-23-12-24/h4-6,8-10,12-13H,2-3,7,11H2,1H3/t13-/m0/s1. The van der Waals surface area contributed by atoms with Gasteiger partial charge in [0.05, 0.1) is 35.6 Å². The predicted octanol–water partition coefficient (Wildman–Crippen LogP) is 4.86. The van der Waals surface area contributed by atoms with E-state index in [2.05, 4.69) is 22.0 Å². The second kappa shape index (κ2) is 7.41. The minimum Gasteiger partial charge on any atom is -0.469 e. The number of ether oxygens (including phenoxy) is 1. The molecular weight excluding hydrogens is 385 g/mol. The fourth-order valence-electron chi connectivity index (χ4n) is 3.78. The molecule has 1 aliphatic rings. The molecule has 140 valence electrons. The second-order valence-electron chi connectivity index (χ2n) is 6.66. The van der Waals surface area contributed by atoms with Crippen LogP contribution in [-0.2, 0) is 9.53 Å². The number of hydrogen-bond acceptors (Lipinski definition) is 4. The molecular formula is C20H19Cl2N3O2. The van der Waals surface area contributed by atoms with E-state index < -0.39 is 0 Å². The number of anilines is 1. The summed E-state index contributed by atoms with van der Waals surface area (Å²) in [5.41, 5.74) is 1.99. The van der Waals surface area contributed by atoms with Gasteiger partial charge in [-0.15, -0.1) is 0 Å². The van der Waals surface area contributed by atoms with E-state index in [4.69, 9.17) is 27.9 Å². The predicted molar refractivity (Wildman–Crippen MR) is 108 cm³/mol. The number of halogens is 2. The van der Waals surface area contributed by atoms with Gasteiger partial charge in [-0.1, -0.05) is 29.3 Å². The quantitative estimate of drug-likeness (QED) is 0.583. The van der Waals surface area contributed by atoms with E-state index in [0.29, 0.717) is 16.5 Å². The van der Waals surface area contributed by atoms with Crippen LogP contribution in [0, 0.1) is 0 Å². The zero-order chi connectivity index (χ0) is 19.0. The van der Waals surface area contributed by atoms with Crippen LogP contribution in [0.2, 0.25) is 10.0 Å². The van der Waals surface area contributed by atoms with Crippen molar-refractivity contribution >= 4 is 45.6 Å². The summed E-state index contributed by atoms with van der Waals surface area (Å²) < 4.78 is 6.83.